The summed E-state index contributed by atoms with van der Waals surface area (Å²) in [6, 6.07) is 5.67. The monoisotopic (exact) mass is 285 g/mol. The molecule has 0 saturated carbocycles. The van der Waals surface area contributed by atoms with Crippen LogP contribution in [0.5, 0.6) is 0 Å². The van der Waals surface area contributed by atoms with E-state index in [1.54, 1.807) is 6.07 Å². The van der Waals surface area contributed by atoms with E-state index in [1.165, 1.54) is 32.3 Å². The number of benzene rings is 1. The molecule has 0 aliphatic carbocycles. The van der Waals surface area contributed by atoms with E-state index in [-0.39, 0.29) is 11.9 Å². The highest BCUT2D eigenvalue weighted by Crippen LogP contribution is 2.26. The summed E-state index contributed by atoms with van der Waals surface area (Å²) < 4.78 is 5.26. The number of nitrogens with one attached hydrogen (secondary N) is 1. The van der Waals surface area contributed by atoms with Crippen molar-refractivity contribution < 1.29 is 9.21 Å². The number of oxazole rings is 1. The van der Waals surface area contributed by atoms with Crippen LogP contribution in [0.25, 0.3) is 11.1 Å². The third-order valence-electron chi connectivity index (χ3n) is 4.73. The van der Waals surface area contributed by atoms with Crippen LogP contribution in [0.15, 0.2) is 29.0 Å². The van der Waals surface area contributed by atoms with E-state index >= 15 is 0 Å². The van der Waals surface area contributed by atoms with Crippen molar-refractivity contribution in [2.24, 2.45) is 5.92 Å². The van der Waals surface area contributed by atoms with E-state index < -0.39 is 0 Å². The topological polar surface area (TPSA) is 58.4 Å². The molecule has 5 nitrogen and oxygen atoms in total. The Labute approximate surface area is 123 Å². The lowest BCUT2D eigenvalue weighted by Gasteiger charge is -2.26. The molecule has 1 amide bonds. The summed E-state index contributed by atoms with van der Waals surface area (Å²) in [7, 11) is 0. The van der Waals surface area contributed by atoms with Crippen molar-refractivity contribution >= 4 is 17.0 Å². The molecule has 3 saturated heterocycles. The molecule has 1 N–H and O–H groups in total. The van der Waals surface area contributed by atoms with Gasteiger partial charge in [0.1, 0.15) is 5.52 Å². The molecule has 1 aromatic heterocycles. The minimum atomic E-state index is -0.0131. The summed E-state index contributed by atoms with van der Waals surface area (Å²) in [5.74, 6) is 0.756. The quantitative estimate of drug-likeness (QED) is 0.917. The van der Waals surface area contributed by atoms with Gasteiger partial charge < -0.3 is 14.6 Å². The Kier molecular flexibility index (Phi) is 3.15. The van der Waals surface area contributed by atoms with Gasteiger partial charge in [-0.1, -0.05) is 0 Å². The van der Waals surface area contributed by atoms with Crippen molar-refractivity contribution in [3.63, 3.8) is 0 Å². The molecule has 1 atom stereocenters. The Hall–Kier alpha value is -1.88. The summed E-state index contributed by atoms with van der Waals surface area (Å²) in [6.07, 6.45) is 5.06. The first-order valence-electron chi connectivity index (χ1n) is 7.64. The maximum atomic E-state index is 12.4. The number of rotatable bonds is 2. The standard InChI is InChI=1S/C16H19N3O2/c20-16(12-1-2-14-15(8-12)21-10-17-14)18-13-7-11-3-5-19(9-13)6-4-11/h1-2,8,10-11,13H,3-7,9H2,(H,18,20)/t13-/m1/s1. The van der Waals surface area contributed by atoms with Gasteiger partial charge in [-0.15, -0.1) is 0 Å². The number of piperidine rings is 1. The first-order chi connectivity index (χ1) is 10.3. The van der Waals surface area contributed by atoms with Crippen molar-refractivity contribution in [2.45, 2.75) is 25.3 Å². The zero-order valence-electron chi connectivity index (χ0n) is 11.9. The lowest BCUT2D eigenvalue weighted by atomic mass is 9.94. The maximum absolute atomic E-state index is 12.4. The van der Waals surface area contributed by atoms with Crippen molar-refractivity contribution in [1.29, 1.82) is 0 Å². The third-order valence-corrected chi connectivity index (χ3v) is 4.73. The van der Waals surface area contributed by atoms with Gasteiger partial charge in [-0.2, -0.15) is 0 Å². The van der Waals surface area contributed by atoms with Crippen LogP contribution < -0.4 is 5.32 Å². The second kappa shape index (κ2) is 5.15. The molecule has 2 bridgehead atoms. The Balaban J connectivity index is 1.49. The van der Waals surface area contributed by atoms with Crippen LogP contribution in [-0.4, -0.2) is 41.5 Å². The van der Waals surface area contributed by atoms with Crippen LogP contribution in [-0.2, 0) is 0 Å². The zero-order valence-corrected chi connectivity index (χ0v) is 11.9. The fourth-order valence-corrected chi connectivity index (χ4v) is 3.56. The van der Waals surface area contributed by atoms with E-state index in [0.717, 1.165) is 24.4 Å². The van der Waals surface area contributed by atoms with E-state index in [4.69, 9.17) is 4.42 Å². The average molecular weight is 285 g/mol. The molecule has 21 heavy (non-hydrogen) atoms. The van der Waals surface area contributed by atoms with E-state index in [9.17, 15) is 4.79 Å². The van der Waals surface area contributed by atoms with E-state index in [2.05, 4.69) is 15.2 Å². The molecule has 3 aliphatic rings. The Morgan fingerprint density at radius 2 is 2.19 bits per heavy atom. The number of nitrogens with zero attached hydrogens (tertiary/aromatic N) is 2. The lowest BCUT2D eigenvalue weighted by Crippen LogP contribution is -2.41. The van der Waals surface area contributed by atoms with Gasteiger partial charge in [0.05, 0.1) is 0 Å². The van der Waals surface area contributed by atoms with Crippen LogP contribution in [0.4, 0.5) is 0 Å². The molecule has 4 heterocycles. The van der Waals surface area contributed by atoms with Gasteiger partial charge in [0, 0.05) is 18.2 Å². The molecule has 1 aromatic carbocycles. The van der Waals surface area contributed by atoms with Crippen LogP contribution in [0.2, 0.25) is 0 Å². The molecular weight excluding hydrogens is 266 g/mol. The predicted molar refractivity (Wildman–Crippen MR) is 79.0 cm³/mol. The number of carbonyl (C=O) groups is 1. The van der Waals surface area contributed by atoms with Gasteiger partial charge in [-0.25, -0.2) is 4.98 Å². The van der Waals surface area contributed by atoms with Crippen molar-refractivity contribution in [3.8, 4) is 0 Å². The molecule has 3 fully saturated rings. The minimum Gasteiger partial charge on any atom is -0.443 e. The maximum Gasteiger partial charge on any atom is 0.251 e. The number of carbonyl (C=O) groups excluding carboxylic acids is 1. The highest BCUT2D eigenvalue weighted by molar-refractivity contribution is 5.97. The SMILES string of the molecule is O=C(N[C@@H]1CC2CCN(CC2)C1)c1ccc2ncoc2c1. The van der Waals surface area contributed by atoms with Gasteiger partial charge >= 0.3 is 0 Å². The highest BCUT2D eigenvalue weighted by Gasteiger charge is 2.29. The summed E-state index contributed by atoms with van der Waals surface area (Å²) >= 11 is 0. The summed E-state index contributed by atoms with van der Waals surface area (Å²) in [5.41, 5.74) is 2.09. The average Bonchev–Trinajstić information content (AvgIpc) is 2.78. The number of amides is 1. The number of hydrogen-bond donors (Lipinski definition) is 1. The van der Waals surface area contributed by atoms with Gasteiger partial charge in [-0.3, -0.25) is 4.79 Å². The van der Waals surface area contributed by atoms with Gasteiger partial charge in [0.2, 0.25) is 0 Å². The molecule has 0 unspecified atom stereocenters. The summed E-state index contributed by atoms with van der Waals surface area (Å²) in [5, 5.41) is 3.19. The van der Waals surface area contributed by atoms with Gasteiger partial charge in [0.15, 0.2) is 12.0 Å². The second-order valence-corrected chi connectivity index (χ2v) is 6.18. The predicted octanol–water partition coefficient (Wildman–Crippen LogP) is 2.04. The van der Waals surface area contributed by atoms with Gasteiger partial charge in [-0.05, 0) is 56.5 Å². The molecule has 2 aromatic rings. The zero-order chi connectivity index (χ0) is 14.2. The fourth-order valence-electron chi connectivity index (χ4n) is 3.56. The molecule has 0 spiro atoms. The fraction of sp³-hybridized carbons (Fsp3) is 0.500. The number of hydrogen-bond acceptors (Lipinski definition) is 4. The number of fused-ring (bicyclic) bond motifs is 5. The second-order valence-electron chi connectivity index (χ2n) is 6.18. The Morgan fingerprint density at radius 3 is 3.05 bits per heavy atom. The largest absolute Gasteiger partial charge is 0.443 e. The highest BCUT2D eigenvalue weighted by atomic mass is 16.3. The summed E-state index contributed by atoms with van der Waals surface area (Å²) in [6.45, 7) is 3.34. The normalized spacial score (nSPS) is 28.5. The van der Waals surface area contributed by atoms with E-state index in [1.807, 2.05) is 12.1 Å². The first-order valence-corrected chi connectivity index (χ1v) is 7.64. The van der Waals surface area contributed by atoms with Crippen molar-refractivity contribution in [1.82, 2.24) is 15.2 Å². The smallest absolute Gasteiger partial charge is 0.251 e. The van der Waals surface area contributed by atoms with Gasteiger partial charge in [0.25, 0.3) is 5.91 Å². The van der Waals surface area contributed by atoms with E-state index in [0.29, 0.717) is 11.1 Å². The molecule has 110 valence electrons. The molecular formula is C16H19N3O2. The minimum absolute atomic E-state index is 0.0131. The molecule has 5 rings (SSSR count). The van der Waals surface area contributed by atoms with Crippen LogP contribution in [0.3, 0.4) is 0 Å². The Bertz CT molecular complexity index is 644. The number of aromatic nitrogens is 1. The van der Waals surface area contributed by atoms with Crippen LogP contribution in [0.1, 0.15) is 29.6 Å². The summed E-state index contributed by atoms with van der Waals surface area (Å²) in [4.78, 5) is 19.0. The molecule has 0 radical (unpaired) electrons. The molecule has 3 aliphatic heterocycles. The van der Waals surface area contributed by atoms with Crippen LogP contribution in [0, 0.1) is 5.92 Å². The lowest BCUT2D eigenvalue weighted by molar-refractivity contribution is 0.0929. The van der Waals surface area contributed by atoms with Crippen molar-refractivity contribution in [3.05, 3.63) is 30.2 Å². The van der Waals surface area contributed by atoms with Crippen molar-refractivity contribution in [2.75, 3.05) is 19.6 Å². The van der Waals surface area contributed by atoms with Crippen LogP contribution >= 0.6 is 0 Å². The third kappa shape index (κ3) is 2.53. The molecule has 5 heteroatoms. The Morgan fingerprint density at radius 1 is 1.33 bits per heavy atom. The first kappa shape index (κ1) is 12.8.